The molecule has 4 nitrogen and oxygen atoms in total. The minimum Gasteiger partial charge on any atom is -0.375 e. The van der Waals surface area contributed by atoms with Crippen LogP contribution in [-0.4, -0.2) is 16.6 Å². The van der Waals surface area contributed by atoms with Crippen molar-refractivity contribution in [2.24, 2.45) is 0 Å². The van der Waals surface area contributed by atoms with Crippen LogP contribution < -0.4 is 11.1 Å². The highest BCUT2D eigenvalue weighted by atomic mass is 79.9. The molecule has 1 aromatic heterocycles. The lowest BCUT2D eigenvalue weighted by Gasteiger charge is -2.04. The SMILES string of the molecule is Nc1ncc(SCC(=O)Nc2cccc(Br)c2)s1. The summed E-state index contributed by atoms with van der Waals surface area (Å²) in [6, 6.07) is 7.48. The Labute approximate surface area is 121 Å². The van der Waals surface area contributed by atoms with Gasteiger partial charge in [-0.3, -0.25) is 4.79 Å². The van der Waals surface area contributed by atoms with Gasteiger partial charge in [-0.1, -0.05) is 33.3 Å². The lowest BCUT2D eigenvalue weighted by molar-refractivity contribution is -0.113. The summed E-state index contributed by atoms with van der Waals surface area (Å²) in [5, 5.41) is 3.34. The van der Waals surface area contributed by atoms with E-state index >= 15 is 0 Å². The Morgan fingerprint density at radius 2 is 2.39 bits per heavy atom. The van der Waals surface area contributed by atoms with Gasteiger partial charge >= 0.3 is 0 Å². The number of anilines is 2. The van der Waals surface area contributed by atoms with Crippen molar-refractivity contribution in [2.75, 3.05) is 16.8 Å². The van der Waals surface area contributed by atoms with Gasteiger partial charge in [0.05, 0.1) is 16.2 Å². The molecule has 94 valence electrons. The lowest BCUT2D eigenvalue weighted by atomic mass is 10.3. The van der Waals surface area contributed by atoms with E-state index in [0.29, 0.717) is 10.9 Å². The topological polar surface area (TPSA) is 68.0 Å². The summed E-state index contributed by atoms with van der Waals surface area (Å²) in [5.41, 5.74) is 6.29. The Morgan fingerprint density at radius 3 is 3.06 bits per heavy atom. The third-order valence-corrected chi connectivity index (χ3v) is 4.47. The number of carbonyl (C=O) groups excluding carboxylic acids is 1. The highest BCUT2D eigenvalue weighted by Gasteiger charge is 2.06. The third-order valence-electron chi connectivity index (χ3n) is 1.96. The Balaban J connectivity index is 1.85. The molecular weight excluding hydrogens is 334 g/mol. The van der Waals surface area contributed by atoms with E-state index in [9.17, 15) is 4.79 Å². The predicted molar refractivity (Wildman–Crippen MR) is 80.0 cm³/mol. The normalized spacial score (nSPS) is 10.3. The van der Waals surface area contributed by atoms with Crippen LogP contribution in [0.1, 0.15) is 0 Å². The average molecular weight is 344 g/mol. The molecule has 1 aromatic carbocycles. The molecule has 0 atom stereocenters. The molecule has 0 unspecified atom stereocenters. The van der Waals surface area contributed by atoms with E-state index in [-0.39, 0.29) is 5.91 Å². The molecule has 1 amide bonds. The van der Waals surface area contributed by atoms with Crippen molar-refractivity contribution in [1.29, 1.82) is 0 Å². The molecule has 0 bridgehead atoms. The van der Waals surface area contributed by atoms with Crippen molar-refractivity contribution in [2.45, 2.75) is 4.21 Å². The molecule has 0 fully saturated rings. The van der Waals surface area contributed by atoms with Gasteiger partial charge < -0.3 is 11.1 Å². The number of amides is 1. The van der Waals surface area contributed by atoms with Gasteiger partial charge in [0.15, 0.2) is 5.13 Å². The van der Waals surface area contributed by atoms with Crippen LogP contribution in [0.15, 0.2) is 39.1 Å². The molecule has 2 aromatic rings. The van der Waals surface area contributed by atoms with Crippen molar-refractivity contribution in [1.82, 2.24) is 4.98 Å². The first-order valence-electron chi connectivity index (χ1n) is 5.03. The largest absolute Gasteiger partial charge is 0.375 e. The van der Waals surface area contributed by atoms with Gasteiger partial charge in [-0.05, 0) is 18.2 Å². The van der Waals surface area contributed by atoms with E-state index in [1.807, 2.05) is 24.3 Å². The molecule has 7 heteroatoms. The first-order chi connectivity index (χ1) is 8.63. The van der Waals surface area contributed by atoms with Crippen LogP contribution in [-0.2, 0) is 4.79 Å². The Bertz CT molecular complexity index is 559. The second kappa shape index (κ2) is 6.21. The minimum absolute atomic E-state index is 0.0509. The van der Waals surface area contributed by atoms with Crippen LogP contribution in [0.3, 0.4) is 0 Å². The molecule has 1 heterocycles. The summed E-state index contributed by atoms with van der Waals surface area (Å²) in [7, 11) is 0. The van der Waals surface area contributed by atoms with Gasteiger partial charge in [-0.15, -0.1) is 11.8 Å². The number of thioether (sulfide) groups is 1. The molecule has 0 saturated heterocycles. The first-order valence-corrected chi connectivity index (χ1v) is 7.62. The fourth-order valence-electron chi connectivity index (χ4n) is 1.24. The Morgan fingerprint density at radius 1 is 1.56 bits per heavy atom. The summed E-state index contributed by atoms with van der Waals surface area (Å²) in [5.74, 6) is 0.291. The van der Waals surface area contributed by atoms with Crippen molar-refractivity contribution in [3.05, 3.63) is 34.9 Å². The zero-order chi connectivity index (χ0) is 13.0. The van der Waals surface area contributed by atoms with Gasteiger partial charge in [0.25, 0.3) is 0 Å². The molecule has 0 aliphatic carbocycles. The summed E-state index contributed by atoms with van der Waals surface area (Å²) in [6.45, 7) is 0. The maximum absolute atomic E-state index is 11.7. The van der Waals surface area contributed by atoms with Crippen LogP contribution >= 0.6 is 39.0 Å². The summed E-state index contributed by atoms with van der Waals surface area (Å²) in [4.78, 5) is 15.6. The number of hydrogen-bond donors (Lipinski definition) is 2. The summed E-state index contributed by atoms with van der Waals surface area (Å²) >= 11 is 6.16. The van der Waals surface area contributed by atoms with Crippen molar-refractivity contribution < 1.29 is 4.79 Å². The first kappa shape index (κ1) is 13.4. The number of nitrogens with zero attached hydrogens (tertiary/aromatic N) is 1. The number of thiazole rings is 1. The molecule has 0 aliphatic heterocycles. The Hall–Kier alpha value is -1.05. The monoisotopic (exact) mass is 343 g/mol. The third kappa shape index (κ3) is 4.01. The fourth-order valence-corrected chi connectivity index (χ4v) is 3.20. The molecule has 0 saturated carbocycles. The van der Waals surface area contributed by atoms with E-state index in [1.54, 1.807) is 6.20 Å². The number of halogens is 1. The fraction of sp³-hybridized carbons (Fsp3) is 0.0909. The van der Waals surface area contributed by atoms with Gasteiger partial charge in [-0.25, -0.2) is 4.98 Å². The van der Waals surface area contributed by atoms with Crippen molar-refractivity contribution in [3.8, 4) is 0 Å². The highest BCUT2D eigenvalue weighted by molar-refractivity contribution is 9.10. The van der Waals surface area contributed by atoms with E-state index in [2.05, 4.69) is 26.2 Å². The lowest BCUT2D eigenvalue weighted by Crippen LogP contribution is -2.13. The van der Waals surface area contributed by atoms with Crippen molar-refractivity contribution in [3.63, 3.8) is 0 Å². The predicted octanol–water partition coefficient (Wildman–Crippen LogP) is 3.22. The second-order valence-corrected chi connectivity index (χ2v) is 6.62. The molecule has 0 aliphatic rings. The molecule has 2 rings (SSSR count). The van der Waals surface area contributed by atoms with Gasteiger partial charge in [0.2, 0.25) is 5.91 Å². The maximum atomic E-state index is 11.7. The minimum atomic E-state index is -0.0509. The highest BCUT2D eigenvalue weighted by Crippen LogP contribution is 2.26. The van der Waals surface area contributed by atoms with Crippen LogP contribution in [0, 0.1) is 0 Å². The molecule has 3 N–H and O–H groups in total. The van der Waals surface area contributed by atoms with Gasteiger partial charge in [0.1, 0.15) is 0 Å². The summed E-state index contributed by atoms with van der Waals surface area (Å²) < 4.78 is 1.88. The number of nitrogens with one attached hydrogen (secondary N) is 1. The van der Waals surface area contributed by atoms with Crippen molar-refractivity contribution >= 4 is 55.8 Å². The van der Waals surface area contributed by atoms with E-state index in [4.69, 9.17) is 5.73 Å². The van der Waals surface area contributed by atoms with Gasteiger partial charge in [0, 0.05) is 10.2 Å². The standard InChI is InChI=1S/C11H10BrN3OS2/c12-7-2-1-3-8(4-7)15-9(16)6-17-10-5-14-11(13)18-10/h1-5H,6H2,(H2,13,14)(H,15,16). The smallest absolute Gasteiger partial charge is 0.234 e. The number of nitrogens with two attached hydrogens (primary N) is 1. The van der Waals surface area contributed by atoms with Crippen LogP contribution in [0.2, 0.25) is 0 Å². The summed E-state index contributed by atoms with van der Waals surface area (Å²) in [6.07, 6.45) is 1.68. The molecule has 0 radical (unpaired) electrons. The van der Waals surface area contributed by atoms with E-state index < -0.39 is 0 Å². The average Bonchev–Trinajstić information content (AvgIpc) is 2.73. The van der Waals surface area contributed by atoms with Gasteiger partial charge in [-0.2, -0.15) is 0 Å². The number of carbonyl (C=O) groups is 1. The van der Waals surface area contributed by atoms with E-state index in [1.165, 1.54) is 23.1 Å². The Kier molecular flexibility index (Phi) is 4.62. The number of hydrogen-bond acceptors (Lipinski definition) is 5. The van der Waals surface area contributed by atoms with E-state index in [0.717, 1.165) is 14.4 Å². The zero-order valence-electron chi connectivity index (χ0n) is 9.22. The number of aromatic nitrogens is 1. The second-order valence-electron chi connectivity index (χ2n) is 3.36. The molecule has 18 heavy (non-hydrogen) atoms. The number of rotatable bonds is 4. The maximum Gasteiger partial charge on any atom is 0.234 e. The number of benzene rings is 1. The van der Waals surface area contributed by atoms with Crippen LogP contribution in [0.5, 0.6) is 0 Å². The van der Waals surface area contributed by atoms with Crippen LogP contribution in [0.4, 0.5) is 10.8 Å². The molecule has 0 spiro atoms. The molecular formula is C11H10BrN3OS2. The number of nitrogen functional groups attached to an aromatic ring is 1. The quantitative estimate of drug-likeness (QED) is 0.836. The van der Waals surface area contributed by atoms with Crippen LogP contribution in [0.25, 0.3) is 0 Å². The zero-order valence-corrected chi connectivity index (χ0v) is 12.4.